The third kappa shape index (κ3) is 4.40. The van der Waals surface area contributed by atoms with Crippen LogP contribution in [0.3, 0.4) is 0 Å². The summed E-state index contributed by atoms with van der Waals surface area (Å²) in [7, 11) is 0. The van der Waals surface area contributed by atoms with E-state index in [9.17, 15) is 0 Å². The number of hydrogen-bond donors (Lipinski definition) is 0. The van der Waals surface area contributed by atoms with Crippen molar-refractivity contribution < 1.29 is 0 Å². The van der Waals surface area contributed by atoms with Gasteiger partial charge in [0.2, 0.25) is 0 Å². The van der Waals surface area contributed by atoms with Crippen molar-refractivity contribution in [3.05, 3.63) is 114 Å². The van der Waals surface area contributed by atoms with Crippen molar-refractivity contribution in [2.75, 3.05) is 0 Å². The Bertz CT molecular complexity index is 1990. The number of aromatic nitrogens is 5. The van der Waals surface area contributed by atoms with Gasteiger partial charge in [0.15, 0.2) is 11.6 Å². The summed E-state index contributed by atoms with van der Waals surface area (Å²) in [6.07, 6.45) is 8.10. The van der Waals surface area contributed by atoms with Crippen LogP contribution in [0.4, 0.5) is 0 Å². The Balaban J connectivity index is 1.19. The number of fused-ring (bicyclic) bond motifs is 6. The van der Waals surface area contributed by atoms with Crippen molar-refractivity contribution in [2.24, 2.45) is 0 Å². The van der Waals surface area contributed by atoms with Crippen LogP contribution in [0.25, 0.3) is 67.9 Å². The van der Waals surface area contributed by atoms with Gasteiger partial charge in [0, 0.05) is 56.7 Å². The van der Waals surface area contributed by atoms with Crippen LogP contribution in [-0.2, 0) is 13.1 Å². The summed E-state index contributed by atoms with van der Waals surface area (Å²) in [4.78, 5) is 13.9. The maximum atomic E-state index is 4.72. The van der Waals surface area contributed by atoms with E-state index in [-0.39, 0.29) is 0 Å². The topological polar surface area (TPSA) is 48.5 Å². The lowest BCUT2D eigenvalue weighted by atomic mass is 10.1. The number of nitrogens with zero attached hydrogens (tertiary/aromatic N) is 5. The molecular formula is C36H31N5. The van der Waals surface area contributed by atoms with Crippen molar-refractivity contribution >= 4 is 67.9 Å². The van der Waals surface area contributed by atoms with E-state index in [1.165, 1.54) is 43.6 Å². The molecule has 0 saturated carbocycles. The molecule has 0 bridgehead atoms. The number of benzene rings is 4. The van der Waals surface area contributed by atoms with Gasteiger partial charge >= 0.3 is 0 Å². The van der Waals surface area contributed by atoms with Gasteiger partial charge in [-0.15, -0.1) is 0 Å². The lowest BCUT2D eigenvalue weighted by Crippen LogP contribution is -1.98. The van der Waals surface area contributed by atoms with Gasteiger partial charge in [-0.3, -0.25) is 0 Å². The standard InChI is InChI=1S/C36H31N5/c1-4-40-31-12-8-6-10-27(31)29-22-25(14-18-33(29)40)16-20-35-37-24(3)38-36(39-35)21-17-26-15-19-34-30(23-26)28-11-7-9-13-32(28)41(34)5-2/h6-23H,4-5H2,1-3H3/b20-16+,21-17+. The van der Waals surface area contributed by atoms with E-state index in [1.54, 1.807) is 0 Å². The molecule has 0 unspecified atom stereocenters. The molecule has 5 nitrogen and oxygen atoms in total. The summed E-state index contributed by atoms with van der Waals surface area (Å²) in [5.41, 5.74) is 7.28. The van der Waals surface area contributed by atoms with Crippen LogP contribution in [0, 0.1) is 6.92 Å². The lowest BCUT2D eigenvalue weighted by molar-refractivity contribution is 0.827. The molecule has 0 fully saturated rings. The first-order valence-electron chi connectivity index (χ1n) is 14.2. The summed E-state index contributed by atoms with van der Waals surface area (Å²) in [6, 6.07) is 30.4. The number of para-hydroxylation sites is 2. The minimum Gasteiger partial charge on any atom is -0.341 e. The number of rotatable bonds is 6. The number of aryl methyl sites for hydroxylation is 3. The van der Waals surface area contributed by atoms with E-state index in [4.69, 9.17) is 4.98 Å². The van der Waals surface area contributed by atoms with Crippen LogP contribution in [-0.4, -0.2) is 24.1 Å². The first kappa shape index (κ1) is 25.0. The molecule has 0 radical (unpaired) electrons. The fourth-order valence-electron chi connectivity index (χ4n) is 6.05. The molecule has 41 heavy (non-hydrogen) atoms. The molecule has 0 aliphatic rings. The van der Waals surface area contributed by atoms with Crippen LogP contribution in [0.2, 0.25) is 0 Å². The molecule has 7 rings (SSSR count). The minimum absolute atomic E-state index is 0.648. The van der Waals surface area contributed by atoms with E-state index < -0.39 is 0 Å². The van der Waals surface area contributed by atoms with Gasteiger partial charge in [-0.25, -0.2) is 15.0 Å². The van der Waals surface area contributed by atoms with E-state index in [0.29, 0.717) is 17.5 Å². The first-order valence-corrected chi connectivity index (χ1v) is 14.2. The monoisotopic (exact) mass is 533 g/mol. The fraction of sp³-hybridized carbons (Fsp3) is 0.139. The van der Waals surface area contributed by atoms with Crippen molar-refractivity contribution in [1.82, 2.24) is 24.1 Å². The second-order valence-corrected chi connectivity index (χ2v) is 10.3. The molecule has 7 aromatic rings. The predicted molar refractivity (Wildman–Crippen MR) is 173 cm³/mol. The molecule has 0 N–H and O–H groups in total. The highest BCUT2D eigenvalue weighted by atomic mass is 15.0. The Labute approximate surface area is 239 Å². The summed E-state index contributed by atoms with van der Waals surface area (Å²) in [6.45, 7) is 8.18. The summed E-state index contributed by atoms with van der Waals surface area (Å²) < 4.78 is 4.73. The molecule has 3 heterocycles. The molecule has 0 saturated heterocycles. The van der Waals surface area contributed by atoms with Crippen molar-refractivity contribution in [3.8, 4) is 0 Å². The maximum absolute atomic E-state index is 4.72. The third-order valence-electron chi connectivity index (χ3n) is 7.86. The molecule has 0 amide bonds. The van der Waals surface area contributed by atoms with Crippen LogP contribution >= 0.6 is 0 Å². The average Bonchev–Trinajstić information content (AvgIpc) is 3.50. The van der Waals surface area contributed by atoms with Crippen molar-refractivity contribution in [2.45, 2.75) is 33.9 Å². The maximum Gasteiger partial charge on any atom is 0.156 e. The molecular weight excluding hydrogens is 502 g/mol. The zero-order valence-electron chi connectivity index (χ0n) is 23.5. The SMILES string of the molecule is CCn1c2ccccc2c2cc(/C=C/c3nc(C)nc(/C=C/c4ccc5c(c4)c4ccccc4n5CC)n3)ccc21. The van der Waals surface area contributed by atoms with E-state index >= 15 is 0 Å². The molecule has 0 spiro atoms. The minimum atomic E-state index is 0.648. The molecule has 0 aliphatic heterocycles. The van der Waals surface area contributed by atoms with E-state index in [2.05, 4.69) is 130 Å². The lowest BCUT2D eigenvalue weighted by Gasteiger charge is -2.03. The Morgan fingerprint density at radius 2 is 0.951 bits per heavy atom. The normalized spacial score (nSPS) is 12.3. The van der Waals surface area contributed by atoms with E-state index in [1.807, 2.05) is 19.1 Å². The van der Waals surface area contributed by atoms with Crippen LogP contribution in [0.5, 0.6) is 0 Å². The summed E-state index contributed by atoms with van der Waals surface area (Å²) >= 11 is 0. The van der Waals surface area contributed by atoms with Gasteiger partial charge in [0.1, 0.15) is 5.82 Å². The molecule has 5 heteroatoms. The fourth-order valence-corrected chi connectivity index (χ4v) is 6.05. The third-order valence-corrected chi connectivity index (χ3v) is 7.86. The van der Waals surface area contributed by atoms with Gasteiger partial charge in [0.05, 0.1) is 0 Å². The molecule has 200 valence electrons. The first-order chi connectivity index (χ1) is 20.1. The Morgan fingerprint density at radius 1 is 0.512 bits per heavy atom. The van der Waals surface area contributed by atoms with Crippen molar-refractivity contribution in [1.29, 1.82) is 0 Å². The predicted octanol–water partition coefficient (Wildman–Crippen LogP) is 8.78. The Morgan fingerprint density at radius 3 is 1.41 bits per heavy atom. The zero-order chi connectivity index (χ0) is 27.9. The van der Waals surface area contributed by atoms with Crippen molar-refractivity contribution in [3.63, 3.8) is 0 Å². The zero-order valence-corrected chi connectivity index (χ0v) is 23.5. The van der Waals surface area contributed by atoms with Gasteiger partial charge in [-0.1, -0.05) is 60.7 Å². The summed E-state index contributed by atoms with van der Waals surface area (Å²) in [5.74, 6) is 1.99. The second kappa shape index (κ2) is 10.2. The smallest absolute Gasteiger partial charge is 0.156 e. The highest BCUT2D eigenvalue weighted by Gasteiger charge is 2.10. The molecule has 0 aliphatic carbocycles. The Hall–Kier alpha value is -5.03. The largest absolute Gasteiger partial charge is 0.341 e. The highest BCUT2D eigenvalue weighted by molar-refractivity contribution is 6.09. The van der Waals surface area contributed by atoms with E-state index in [0.717, 1.165) is 24.2 Å². The van der Waals surface area contributed by atoms with Crippen LogP contribution in [0.1, 0.15) is 42.4 Å². The quantitative estimate of drug-likeness (QED) is 0.215. The average molecular weight is 534 g/mol. The van der Waals surface area contributed by atoms with Crippen LogP contribution < -0.4 is 0 Å². The molecule has 4 aromatic carbocycles. The number of hydrogen-bond acceptors (Lipinski definition) is 3. The second-order valence-electron chi connectivity index (χ2n) is 10.3. The van der Waals surface area contributed by atoms with Crippen LogP contribution in [0.15, 0.2) is 84.9 Å². The van der Waals surface area contributed by atoms with Gasteiger partial charge < -0.3 is 9.13 Å². The van der Waals surface area contributed by atoms with Gasteiger partial charge in [0.25, 0.3) is 0 Å². The van der Waals surface area contributed by atoms with Gasteiger partial charge in [-0.05, 0) is 80.4 Å². The van der Waals surface area contributed by atoms with Gasteiger partial charge in [-0.2, -0.15) is 0 Å². The molecule has 3 aromatic heterocycles. The molecule has 0 atom stereocenters. The highest BCUT2D eigenvalue weighted by Crippen LogP contribution is 2.31. The summed E-state index contributed by atoms with van der Waals surface area (Å²) in [5, 5.41) is 5.08. The Kier molecular flexibility index (Phi) is 6.20.